The Morgan fingerprint density at radius 1 is 1.11 bits per heavy atom. The quantitative estimate of drug-likeness (QED) is 0.748. The lowest BCUT2D eigenvalue weighted by atomic mass is 9.97. The highest BCUT2D eigenvalue weighted by Gasteiger charge is 2.13. The largest absolute Gasteiger partial charge is 0.314 e. The smallest absolute Gasteiger partial charge is 0.0453 e. The van der Waals surface area contributed by atoms with Crippen LogP contribution in [-0.4, -0.2) is 12.6 Å². The van der Waals surface area contributed by atoms with Crippen molar-refractivity contribution in [3.05, 3.63) is 33.8 Å². The van der Waals surface area contributed by atoms with Gasteiger partial charge >= 0.3 is 0 Å². The van der Waals surface area contributed by atoms with Crippen LogP contribution in [0.5, 0.6) is 0 Å². The Kier molecular flexibility index (Phi) is 7.06. The molecule has 0 aromatic heterocycles. The van der Waals surface area contributed by atoms with E-state index in [1.54, 1.807) is 0 Å². The van der Waals surface area contributed by atoms with Crippen molar-refractivity contribution in [2.24, 2.45) is 5.92 Å². The first-order valence-electron chi connectivity index (χ1n) is 6.70. The Balaban J connectivity index is 2.70. The summed E-state index contributed by atoms with van der Waals surface area (Å²) in [5.74, 6) is 0.730. The van der Waals surface area contributed by atoms with Gasteiger partial charge in [-0.3, -0.25) is 0 Å². The Morgan fingerprint density at radius 2 is 1.72 bits per heavy atom. The number of nitrogens with one attached hydrogen (secondary N) is 1. The molecule has 0 aliphatic heterocycles. The van der Waals surface area contributed by atoms with Crippen LogP contribution in [0.15, 0.2) is 18.2 Å². The Bertz CT molecular complexity index is 343. The fourth-order valence-electron chi connectivity index (χ4n) is 2.07. The number of likely N-dealkylation sites (N-methyl/N-ethyl adjacent to an activating group) is 1. The van der Waals surface area contributed by atoms with E-state index in [-0.39, 0.29) is 0 Å². The van der Waals surface area contributed by atoms with Gasteiger partial charge in [-0.15, -0.1) is 0 Å². The molecule has 102 valence electrons. The second-order valence-corrected chi connectivity index (χ2v) is 5.94. The molecule has 1 aromatic carbocycles. The minimum Gasteiger partial charge on any atom is -0.314 e. The molecule has 0 aliphatic rings. The van der Waals surface area contributed by atoms with Crippen LogP contribution in [0.1, 0.15) is 39.2 Å². The zero-order valence-corrected chi connectivity index (χ0v) is 13.0. The van der Waals surface area contributed by atoms with Crippen molar-refractivity contribution in [3.63, 3.8) is 0 Å². The molecule has 0 heterocycles. The Labute approximate surface area is 121 Å². The second kappa shape index (κ2) is 8.04. The minimum atomic E-state index is 0.454. The molecule has 0 fully saturated rings. The number of hydrogen-bond donors (Lipinski definition) is 1. The lowest BCUT2D eigenvalue weighted by Gasteiger charge is -2.20. The molecule has 1 atom stereocenters. The molecule has 0 spiro atoms. The highest BCUT2D eigenvalue weighted by atomic mass is 35.5. The molecule has 1 unspecified atom stereocenters. The topological polar surface area (TPSA) is 12.0 Å². The number of hydrogen-bond acceptors (Lipinski definition) is 1. The molecular weight excluding hydrogens is 265 g/mol. The van der Waals surface area contributed by atoms with Gasteiger partial charge in [-0.1, -0.05) is 50.0 Å². The van der Waals surface area contributed by atoms with Gasteiger partial charge in [0, 0.05) is 16.1 Å². The molecule has 0 saturated heterocycles. The van der Waals surface area contributed by atoms with Gasteiger partial charge in [-0.05, 0) is 49.4 Å². The lowest BCUT2D eigenvalue weighted by molar-refractivity contribution is 0.435. The first kappa shape index (κ1) is 15.8. The summed E-state index contributed by atoms with van der Waals surface area (Å²) in [6, 6.07) is 6.17. The summed E-state index contributed by atoms with van der Waals surface area (Å²) in [4.78, 5) is 0. The molecule has 0 radical (unpaired) electrons. The molecule has 1 N–H and O–H groups in total. The van der Waals surface area contributed by atoms with Gasteiger partial charge in [0.1, 0.15) is 0 Å². The summed E-state index contributed by atoms with van der Waals surface area (Å²) in [6.45, 7) is 7.62. The molecule has 1 aromatic rings. The van der Waals surface area contributed by atoms with Gasteiger partial charge in [0.2, 0.25) is 0 Å². The van der Waals surface area contributed by atoms with Crippen LogP contribution in [0.4, 0.5) is 0 Å². The van der Waals surface area contributed by atoms with Crippen molar-refractivity contribution < 1.29 is 0 Å². The maximum atomic E-state index is 6.22. The van der Waals surface area contributed by atoms with Crippen LogP contribution in [0.25, 0.3) is 0 Å². The van der Waals surface area contributed by atoms with Gasteiger partial charge in [-0.25, -0.2) is 0 Å². The van der Waals surface area contributed by atoms with Gasteiger partial charge < -0.3 is 5.32 Å². The predicted octanol–water partition coefficient (Wildman–Crippen LogP) is 4.95. The monoisotopic (exact) mass is 287 g/mol. The van der Waals surface area contributed by atoms with Gasteiger partial charge in [0.05, 0.1) is 0 Å². The summed E-state index contributed by atoms with van der Waals surface area (Å²) in [7, 11) is 0. The normalized spacial score (nSPS) is 13.0. The first-order valence-corrected chi connectivity index (χ1v) is 7.46. The number of rotatable bonds is 7. The van der Waals surface area contributed by atoms with Crippen molar-refractivity contribution in [3.8, 4) is 0 Å². The van der Waals surface area contributed by atoms with E-state index in [1.165, 1.54) is 6.42 Å². The number of halogens is 2. The van der Waals surface area contributed by atoms with E-state index in [1.807, 2.05) is 18.2 Å². The summed E-state index contributed by atoms with van der Waals surface area (Å²) in [5, 5.41) is 5.07. The highest BCUT2D eigenvalue weighted by Crippen LogP contribution is 2.26. The molecule has 3 heteroatoms. The lowest BCUT2D eigenvalue weighted by Crippen LogP contribution is -2.31. The first-order chi connectivity index (χ1) is 8.54. The fraction of sp³-hybridized carbons (Fsp3) is 0.600. The molecule has 0 saturated carbocycles. The average Bonchev–Trinajstić information content (AvgIpc) is 2.30. The van der Waals surface area contributed by atoms with Gasteiger partial charge in [0.15, 0.2) is 0 Å². The summed E-state index contributed by atoms with van der Waals surface area (Å²) in [5.41, 5.74) is 1.07. The molecule has 1 rings (SSSR count). The van der Waals surface area contributed by atoms with Gasteiger partial charge in [0.25, 0.3) is 0 Å². The molecule has 0 bridgehead atoms. The number of benzene rings is 1. The maximum Gasteiger partial charge on any atom is 0.0453 e. The molecule has 0 amide bonds. The van der Waals surface area contributed by atoms with Crippen LogP contribution in [0.2, 0.25) is 10.0 Å². The van der Waals surface area contributed by atoms with Crippen molar-refractivity contribution >= 4 is 23.2 Å². The van der Waals surface area contributed by atoms with Crippen LogP contribution in [-0.2, 0) is 6.42 Å². The van der Waals surface area contributed by atoms with E-state index in [4.69, 9.17) is 23.2 Å². The van der Waals surface area contributed by atoms with Crippen molar-refractivity contribution in [1.82, 2.24) is 5.32 Å². The summed E-state index contributed by atoms with van der Waals surface area (Å²) in [6.07, 6.45) is 3.28. The van der Waals surface area contributed by atoms with Crippen molar-refractivity contribution in [1.29, 1.82) is 0 Å². The minimum absolute atomic E-state index is 0.454. The Morgan fingerprint density at radius 3 is 2.22 bits per heavy atom. The van der Waals surface area contributed by atoms with E-state index in [0.717, 1.165) is 40.9 Å². The van der Waals surface area contributed by atoms with E-state index in [2.05, 4.69) is 26.1 Å². The SMILES string of the molecule is CCNC(CCC(C)C)Cc1c(Cl)cccc1Cl. The molecule has 1 nitrogen and oxygen atoms in total. The van der Waals surface area contributed by atoms with Crippen LogP contribution in [0, 0.1) is 5.92 Å². The van der Waals surface area contributed by atoms with Crippen molar-refractivity contribution in [2.75, 3.05) is 6.54 Å². The van der Waals surface area contributed by atoms with Crippen molar-refractivity contribution in [2.45, 2.75) is 46.1 Å². The third-order valence-corrected chi connectivity index (χ3v) is 3.81. The van der Waals surface area contributed by atoms with E-state index in [0.29, 0.717) is 6.04 Å². The van der Waals surface area contributed by atoms with Crippen LogP contribution < -0.4 is 5.32 Å². The van der Waals surface area contributed by atoms with Crippen LogP contribution in [0.3, 0.4) is 0 Å². The highest BCUT2D eigenvalue weighted by molar-refractivity contribution is 6.35. The standard InChI is InChI=1S/C15H23Cl2N/c1-4-18-12(9-8-11(2)3)10-13-14(16)6-5-7-15(13)17/h5-7,11-12,18H,4,8-10H2,1-3H3. The zero-order chi connectivity index (χ0) is 13.5. The van der Waals surface area contributed by atoms with E-state index >= 15 is 0 Å². The summed E-state index contributed by atoms with van der Waals surface area (Å²) >= 11 is 12.4. The molecular formula is C15H23Cl2N. The molecule has 18 heavy (non-hydrogen) atoms. The third kappa shape index (κ3) is 5.17. The van der Waals surface area contributed by atoms with E-state index < -0.39 is 0 Å². The predicted molar refractivity (Wildman–Crippen MR) is 81.7 cm³/mol. The maximum absolute atomic E-state index is 6.22. The molecule has 0 aliphatic carbocycles. The summed E-state index contributed by atoms with van der Waals surface area (Å²) < 4.78 is 0. The second-order valence-electron chi connectivity index (χ2n) is 5.13. The Hall–Kier alpha value is -0.240. The average molecular weight is 288 g/mol. The van der Waals surface area contributed by atoms with Crippen LogP contribution >= 0.6 is 23.2 Å². The zero-order valence-electron chi connectivity index (χ0n) is 11.5. The van der Waals surface area contributed by atoms with Gasteiger partial charge in [-0.2, -0.15) is 0 Å². The fourth-order valence-corrected chi connectivity index (χ4v) is 2.62. The van der Waals surface area contributed by atoms with E-state index in [9.17, 15) is 0 Å². The third-order valence-electron chi connectivity index (χ3n) is 3.10.